The van der Waals surface area contributed by atoms with Gasteiger partial charge in [-0.3, -0.25) is 4.98 Å². The van der Waals surface area contributed by atoms with Crippen molar-refractivity contribution in [2.75, 3.05) is 0 Å². The maximum absolute atomic E-state index is 9.04. The van der Waals surface area contributed by atoms with E-state index in [1.165, 1.54) is 6.20 Å². The number of hydrogen-bond acceptors (Lipinski definition) is 2. The second kappa shape index (κ2) is 4.72. The molecule has 1 heterocycles. The Bertz CT molecular complexity index is 201. The molecule has 62 valence electrons. The summed E-state index contributed by atoms with van der Waals surface area (Å²) >= 11 is 0. The van der Waals surface area contributed by atoms with Gasteiger partial charge in [0, 0.05) is 6.20 Å². The fourth-order valence-corrected chi connectivity index (χ4v) is 0.615. The predicted molar refractivity (Wildman–Crippen MR) is 46.7 cm³/mol. The summed E-state index contributed by atoms with van der Waals surface area (Å²) in [5, 5.41) is 9.04. The van der Waals surface area contributed by atoms with Crippen LogP contribution in [0.15, 0.2) is 12.4 Å². The molecular weight excluding hydrogens is 138 g/mol. The summed E-state index contributed by atoms with van der Waals surface area (Å²) in [5.41, 5.74) is 1.93. The molecule has 0 saturated carbocycles. The minimum atomic E-state index is 0.273. The van der Waals surface area contributed by atoms with E-state index in [1.54, 1.807) is 6.20 Å². The summed E-state index contributed by atoms with van der Waals surface area (Å²) < 4.78 is 0. The van der Waals surface area contributed by atoms with E-state index < -0.39 is 0 Å². The quantitative estimate of drug-likeness (QED) is 0.621. The standard InChI is InChI=1S/C7H9NO.C2H6/c1-5-3-8-4-7(9)6(5)2;1-2/h3-4,9H,1-2H3;1-2H3. The molecule has 0 aliphatic carbocycles. The maximum Gasteiger partial charge on any atom is 0.137 e. The van der Waals surface area contributed by atoms with Gasteiger partial charge in [0.2, 0.25) is 0 Å². The molecule has 1 aromatic rings. The van der Waals surface area contributed by atoms with Gasteiger partial charge in [0.05, 0.1) is 6.20 Å². The van der Waals surface area contributed by atoms with Crippen LogP contribution in [0.5, 0.6) is 5.75 Å². The zero-order valence-corrected chi connectivity index (χ0v) is 7.55. The first-order valence-electron chi connectivity index (χ1n) is 3.82. The fraction of sp³-hybridized carbons (Fsp3) is 0.444. The molecule has 11 heavy (non-hydrogen) atoms. The lowest BCUT2D eigenvalue weighted by atomic mass is 10.2. The summed E-state index contributed by atoms with van der Waals surface area (Å²) in [7, 11) is 0. The second-order valence-electron chi connectivity index (χ2n) is 2.10. The highest BCUT2D eigenvalue weighted by atomic mass is 16.3. The minimum absolute atomic E-state index is 0.273. The third-order valence-electron chi connectivity index (χ3n) is 1.44. The van der Waals surface area contributed by atoms with Crippen LogP contribution in [0.2, 0.25) is 0 Å². The number of pyridine rings is 1. The SMILES string of the molecule is CC.Cc1cncc(O)c1C. The van der Waals surface area contributed by atoms with Crippen molar-refractivity contribution in [2.45, 2.75) is 27.7 Å². The molecule has 0 aliphatic heterocycles. The molecule has 0 bridgehead atoms. The molecule has 0 fully saturated rings. The highest BCUT2D eigenvalue weighted by Crippen LogP contribution is 2.15. The summed E-state index contributed by atoms with van der Waals surface area (Å²) in [6.07, 6.45) is 3.18. The van der Waals surface area contributed by atoms with Crippen LogP contribution in [0.1, 0.15) is 25.0 Å². The van der Waals surface area contributed by atoms with Crippen molar-refractivity contribution in [1.82, 2.24) is 4.98 Å². The molecule has 0 aromatic carbocycles. The molecule has 0 amide bonds. The molecule has 0 aliphatic rings. The van der Waals surface area contributed by atoms with Gasteiger partial charge in [0.25, 0.3) is 0 Å². The Balaban J connectivity index is 0.000000461. The van der Waals surface area contributed by atoms with E-state index in [1.807, 2.05) is 27.7 Å². The first-order chi connectivity index (χ1) is 5.22. The van der Waals surface area contributed by atoms with E-state index in [2.05, 4.69) is 4.98 Å². The highest BCUT2D eigenvalue weighted by Gasteiger charge is 1.95. The number of hydrogen-bond donors (Lipinski definition) is 1. The van der Waals surface area contributed by atoms with E-state index in [0.717, 1.165) is 11.1 Å². The lowest BCUT2D eigenvalue weighted by molar-refractivity contribution is 0.467. The third kappa shape index (κ3) is 2.58. The number of nitrogens with zero attached hydrogens (tertiary/aromatic N) is 1. The molecule has 0 spiro atoms. The second-order valence-corrected chi connectivity index (χ2v) is 2.10. The monoisotopic (exact) mass is 153 g/mol. The van der Waals surface area contributed by atoms with E-state index in [-0.39, 0.29) is 5.75 Å². The van der Waals surface area contributed by atoms with Crippen molar-refractivity contribution in [1.29, 1.82) is 0 Å². The van der Waals surface area contributed by atoms with Gasteiger partial charge in [0.1, 0.15) is 5.75 Å². The Morgan fingerprint density at radius 3 is 2.09 bits per heavy atom. The van der Waals surface area contributed by atoms with Crippen LogP contribution in [0.25, 0.3) is 0 Å². The Morgan fingerprint density at radius 2 is 1.73 bits per heavy atom. The van der Waals surface area contributed by atoms with E-state index in [4.69, 9.17) is 5.11 Å². The molecule has 0 unspecified atom stereocenters. The summed E-state index contributed by atoms with van der Waals surface area (Å²) in [5.74, 6) is 0.273. The zero-order chi connectivity index (χ0) is 8.85. The first-order valence-corrected chi connectivity index (χ1v) is 3.82. The maximum atomic E-state index is 9.04. The molecule has 0 radical (unpaired) electrons. The van der Waals surface area contributed by atoms with Crippen LogP contribution in [0.3, 0.4) is 0 Å². The van der Waals surface area contributed by atoms with Crippen molar-refractivity contribution < 1.29 is 5.11 Å². The smallest absolute Gasteiger partial charge is 0.137 e. The van der Waals surface area contributed by atoms with Crippen LogP contribution in [-0.4, -0.2) is 10.1 Å². The number of rotatable bonds is 0. The van der Waals surface area contributed by atoms with Gasteiger partial charge in [-0.1, -0.05) is 13.8 Å². The lowest BCUT2D eigenvalue weighted by Gasteiger charge is -1.98. The average Bonchev–Trinajstić information content (AvgIpc) is 2.04. The van der Waals surface area contributed by atoms with Gasteiger partial charge in [-0.25, -0.2) is 0 Å². The Kier molecular flexibility index (Phi) is 4.27. The van der Waals surface area contributed by atoms with Gasteiger partial charge < -0.3 is 5.11 Å². The van der Waals surface area contributed by atoms with Gasteiger partial charge in [-0.15, -0.1) is 0 Å². The lowest BCUT2D eigenvalue weighted by Crippen LogP contribution is -1.82. The van der Waals surface area contributed by atoms with Crippen molar-refractivity contribution >= 4 is 0 Å². The molecule has 2 nitrogen and oxygen atoms in total. The first kappa shape index (κ1) is 9.95. The summed E-state index contributed by atoms with van der Waals surface area (Å²) in [4.78, 5) is 3.79. The van der Waals surface area contributed by atoms with E-state index in [9.17, 15) is 0 Å². The van der Waals surface area contributed by atoms with Crippen molar-refractivity contribution in [2.24, 2.45) is 0 Å². The molecule has 1 N–H and O–H groups in total. The highest BCUT2D eigenvalue weighted by molar-refractivity contribution is 5.33. The van der Waals surface area contributed by atoms with E-state index in [0.29, 0.717) is 0 Å². The topological polar surface area (TPSA) is 33.1 Å². The van der Waals surface area contributed by atoms with Gasteiger partial charge in [0.15, 0.2) is 0 Å². The van der Waals surface area contributed by atoms with Crippen molar-refractivity contribution in [3.63, 3.8) is 0 Å². The molecule has 1 aromatic heterocycles. The average molecular weight is 153 g/mol. The molecule has 0 saturated heterocycles. The van der Waals surface area contributed by atoms with Crippen LogP contribution in [0, 0.1) is 13.8 Å². The fourth-order valence-electron chi connectivity index (χ4n) is 0.615. The van der Waals surface area contributed by atoms with Gasteiger partial charge >= 0.3 is 0 Å². The van der Waals surface area contributed by atoms with Gasteiger partial charge in [-0.05, 0) is 25.0 Å². The van der Waals surface area contributed by atoms with Crippen LogP contribution >= 0.6 is 0 Å². The van der Waals surface area contributed by atoms with Gasteiger partial charge in [-0.2, -0.15) is 0 Å². The van der Waals surface area contributed by atoms with E-state index >= 15 is 0 Å². The molecule has 0 atom stereocenters. The number of aryl methyl sites for hydroxylation is 1. The molecule has 2 heteroatoms. The van der Waals surface area contributed by atoms with Crippen LogP contribution < -0.4 is 0 Å². The molecule has 1 rings (SSSR count). The van der Waals surface area contributed by atoms with Crippen molar-refractivity contribution in [3.05, 3.63) is 23.5 Å². The largest absolute Gasteiger partial charge is 0.506 e. The van der Waals surface area contributed by atoms with Crippen LogP contribution in [-0.2, 0) is 0 Å². The van der Waals surface area contributed by atoms with Crippen LogP contribution in [0.4, 0.5) is 0 Å². The summed E-state index contributed by atoms with van der Waals surface area (Å²) in [6.45, 7) is 7.79. The number of aromatic hydroxyl groups is 1. The molecular formula is C9H15NO. The predicted octanol–water partition coefficient (Wildman–Crippen LogP) is 2.43. The Hall–Kier alpha value is -1.05. The van der Waals surface area contributed by atoms with Crippen molar-refractivity contribution in [3.8, 4) is 5.75 Å². The summed E-state index contributed by atoms with van der Waals surface area (Å²) in [6, 6.07) is 0. The Labute approximate surface area is 67.9 Å². The normalized spacial score (nSPS) is 8.36. The number of aromatic nitrogens is 1. The Morgan fingerprint density at radius 1 is 1.18 bits per heavy atom. The zero-order valence-electron chi connectivity index (χ0n) is 7.55. The third-order valence-corrected chi connectivity index (χ3v) is 1.44. The minimum Gasteiger partial charge on any atom is -0.506 e.